The van der Waals surface area contributed by atoms with Crippen LogP contribution in [-0.4, -0.2) is 26.5 Å². The zero-order valence-electron chi connectivity index (χ0n) is 13.8. The number of methoxy groups -OCH3 is 2. The number of ether oxygens (including phenoxy) is 2. The maximum Gasteiger partial charge on any atom is 0.164 e. The van der Waals surface area contributed by atoms with Crippen molar-refractivity contribution in [2.75, 3.05) is 20.8 Å². The molecule has 1 N–H and O–H groups in total. The molecule has 24 heavy (non-hydrogen) atoms. The predicted octanol–water partition coefficient (Wildman–Crippen LogP) is 3.82. The molecule has 0 saturated carbocycles. The first kappa shape index (κ1) is 16.8. The Hall–Kier alpha value is -2.04. The molecule has 126 valence electrons. The number of fused-ring (bicyclic) bond motifs is 1. The van der Waals surface area contributed by atoms with Crippen molar-refractivity contribution in [2.24, 2.45) is 0 Å². The maximum absolute atomic E-state index is 12.6. The second kappa shape index (κ2) is 7.24. The van der Waals surface area contributed by atoms with Crippen molar-refractivity contribution < 1.29 is 14.3 Å². The first-order chi connectivity index (χ1) is 11.6. The number of carbonyl (C=O) groups excluding carboxylic acids is 1. The van der Waals surface area contributed by atoms with Crippen LogP contribution in [0, 0.1) is 0 Å². The third kappa shape index (κ3) is 3.40. The molecule has 4 nitrogen and oxygen atoms in total. The maximum atomic E-state index is 12.6. The quantitative estimate of drug-likeness (QED) is 0.837. The molecule has 0 radical (unpaired) electrons. The van der Waals surface area contributed by atoms with Gasteiger partial charge in [0.25, 0.3) is 0 Å². The van der Waals surface area contributed by atoms with E-state index >= 15 is 0 Å². The standard InChI is InChI=1S/C19H20ClNO3/c1-23-18-9-13-7-8-21-16(15(13)10-19(18)24-2)11-17(22)12-3-5-14(20)6-4-12/h3-6,9-10,16,21H,7-8,11H2,1-2H3/t16-/m1/s1. The summed E-state index contributed by atoms with van der Waals surface area (Å²) in [5.41, 5.74) is 2.97. The van der Waals surface area contributed by atoms with Gasteiger partial charge >= 0.3 is 0 Å². The summed E-state index contributed by atoms with van der Waals surface area (Å²) in [4.78, 5) is 12.6. The van der Waals surface area contributed by atoms with E-state index in [9.17, 15) is 4.79 Å². The second-order valence-electron chi connectivity index (χ2n) is 5.80. The zero-order valence-corrected chi connectivity index (χ0v) is 14.5. The lowest BCUT2D eigenvalue weighted by atomic mass is 9.89. The fourth-order valence-corrected chi connectivity index (χ4v) is 3.22. The Labute approximate surface area is 146 Å². The van der Waals surface area contributed by atoms with Gasteiger partial charge in [0.15, 0.2) is 17.3 Å². The van der Waals surface area contributed by atoms with Crippen molar-refractivity contribution in [3.05, 3.63) is 58.1 Å². The van der Waals surface area contributed by atoms with Crippen molar-refractivity contribution in [1.82, 2.24) is 5.32 Å². The number of Topliss-reactive ketones (excluding diaryl/α,β-unsaturated/α-hetero) is 1. The van der Waals surface area contributed by atoms with Crippen molar-refractivity contribution in [3.63, 3.8) is 0 Å². The fraction of sp³-hybridized carbons (Fsp3) is 0.316. The third-order valence-electron chi connectivity index (χ3n) is 4.36. The molecule has 0 aliphatic carbocycles. The van der Waals surface area contributed by atoms with E-state index in [1.807, 2.05) is 12.1 Å². The van der Waals surface area contributed by atoms with E-state index in [-0.39, 0.29) is 11.8 Å². The summed E-state index contributed by atoms with van der Waals surface area (Å²) in [5, 5.41) is 4.06. The summed E-state index contributed by atoms with van der Waals surface area (Å²) in [6.45, 7) is 0.834. The Morgan fingerprint density at radius 1 is 1.17 bits per heavy atom. The van der Waals surface area contributed by atoms with Crippen LogP contribution in [0.4, 0.5) is 0 Å². The number of hydrogen-bond acceptors (Lipinski definition) is 4. The average molecular weight is 346 g/mol. The molecule has 2 aromatic carbocycles. The molecule has 1 heterocycles. The Morgan fingerprint density at radius 2 is 1.83 bits per heavy atom. The molecule has 0 saturated heterocycles. The summed E-state index contributed by atoms with van der Waals surface area (Å²) in [5.74, 6) is 1.50. The van der Waals surface area contributed by atoms with E-state index < -0.39 is 0 Å². The minimum absolute atomic E-state index is 0.0308. The van der Waals surface area contributed by atoms with Gasteiger partial charge in [-0.05, 0) is 60.5 Å². The molecule has 0 bridgehead atoms. The summed E-state index contributed by atoms with van der Waals surface area (Å²) < 4.78 is 10.8. The number of rotatable bonds is 5. The van der Waals surface area contributed by atoms with Gasteiger partial charge in [0.05, 0.1) is 14.2 Å². The first-order valence-corrected chi connectivity index (χ1v) is 8.27. The van der Waals surface area contributed by atoms with Crippen LogP contribution in [0.5, 0.6) is 11.5 Å². The molecule has 1 aliphatic rings. The third-order valence-corrected chi connectivity index (χ3v) is 4.61. The Balaban J connectivity index is 1.86. The number of ketones is 1. The topological polar surface area (TPSA) is 47.6 Å². The molecule has 2 aromatic rings. The van der Waals surface area contributed by atoms with E-state index in [2.05, 4.69) is 5.32 Å². The Bertz CT molecular complexity index is 743. The summed E-state index contributed by atoms with van der Waals surface area (Å²) in [6.07, 6.45) is 1.30. The highest BCUT2D eigenvalue weighted by atomic mass is 35.5. The van der Waals surface area contributed by atoms with Crippen LogP contribution in [0.25, 0.3) is 0 Å². The molecule has 1 atom stereocenters. The Kier molecular flexibility index (Phi) is 5.07. The van der Waals surface area contributed by atoms with Gasteiger partial charge in [0, 0.05) is 23.0 Å². The van der Waals surface area contributed by atoms with Crippen LogP contribution >= 0.6 is 11.6 Å². The van der Waals surface area contributed by atoms with Crippen molar-refractivity contribution in [1.29, 1.82) is 0 Å². The highest BCUT2D eigenvalue weighted by Gasteiger charge is 2.25. The van der Waals surface area contributed by atoms with Gasteiger partial charge in [-0.3, -0.25) is 4.79 Å². The van der Waals surface area contributed by atoms with Gasteiger partial charge in [-0.2, -0.15) is 0 Å². The van der Waals surface area contributed by atoms with Gasteiger partial charge in [0.2, 0.25) is 0 Å². The van der Waals surface area contributed by atoms with Crippen LogP contribution in [0.2, 0.25) is 5.02 Å². The van der Waals surface area contributed by atoms with Gasteiger partial charge in [-0.25, -0.2) is 0 Å². The zero-order chi connectivity index (χ0) is 17.1. The molecule has 0 unspecified atom stereocenters. The average Bonchev–Trinajstić information content (AvgIpc) is 2.61. The number of carbonyl (C=O) groups is 1. The highest BCUT2D eigenvalue weighted by Crippen LogP contribution is 2.36. The molecule has 5 heteroatoms. The van der Waals surface area contributed by atoms with Gasteiger partial charge in [-0.1, -0.05) is 11.6 Å². The van der Waals surface area contributed by atoms with Gasteiger partial charge in [-0.15, -0.1) is 0 Å². The molecule has 0 amide bonds. The highest BCUT2D eigenvalue weighted by molar-refractivity contribution is 6.30. The lowest BCUT2D eigenvalue weighted by Gasteiger charge is -2.27. The predicted molar refractivity (Wildman–Crippen MR) is 94.4 cm³/mol. The fourth-order valence-electron chi connectivity index (χ4n) is 3.09. The summed E-state index contributed by atoms with van der Waals surface area (Å²) >= 11 is 5.89. The van der Waals surface area contributed by atoms with E-state index in [0.29, 0.717) is 22.8 Å². The van der Waals surface area contributed by atoms with E-state index in [1.165, 1.54) is 5.56 Å². The van der Waals surface area contributed by atoms with Crippen LogP contribution in [0.3, 0.4) is 0 Å². The van der Waals surface area contributed by atoms with Crippen molar-refractivity contribution in [3.8, 4) is 11.5 Å². The van der Waals surface area contributed by atoms with Crippen molar-refractivity contribution in [2.45, 2.75) is 18.9 Å². The molecule has 0 fully saturated rings. The number of halogens is 1. The number of nitrogens with one attached hydrogen (secondary N) is 1. The van der Waals surface area contributed by atoms with Gasteiger partial charge in [0.1, 0.15) is 0 Å². The molecular formula is C19H20ClNO3. The van der Waals surface area contributed by atoms with Crippen LogP contribution in [0.15, 0.2) is 36.4 Å². The van der Waals surface area contributed by atoms with E-state index in [0.717, 1.165) is 24.3 Å². The Morgan fingerprint density at radius 3 is 2.50 bits per heavy atom. The van der Waals surface area contributed by atoms with E-state index in [4.69, 9.17) is 21.1 Å². The number of hydrogen-bond donors (Lipinski definition) is 1. The lowest BCUT2D eigenvalue weighted by Crippen LogP contribution is -2.31. The molecule has 3 rings (SSSR count). The largest absolute Gasteiger partial charge is 0.493 e. The summed E-state index contributed by atoms with van der Waals surface area (Å²) in [7, 11) is 3.25. The lowest BCUT2D eigenvalue weighted by molar-refractivity contribution is 0.0967. The SMILES string of the molecule is COc1cc2c(cc1OC)[C@@H](CC(=O)c1ccc(Cl)cc1)NCC2. The number of benzene rings is 2. The molecular weight excluding hydrogens is 326 g/mol. The minimum Gasteiger partial charge on any atom is -0.493 e. The first-order valence-electron chi connectivity index (χ1n) is 7.89. The normalized spacial score (nSPS) is 16.4. The summed E-state index contributed by atoms with van der Waals surface area (Å²) in [6, 6.07) is 11.0. The molecule has 0 spiro atoms. The van der Waals surface area contributed by atoms with Gasteiger partial charge < -0.3 is 14.8 Å². The van der Waals surface area contributed by atoms with Crippen LogP contribution < -0.4 is 14.8 Å². The second-order valence-corrected chi connectivity index (χ2v) is 6.23. The molecule has 0 aromatic heterocycles. The van der Waals surface area contributed by atoms with Crippen LogP contribution in [0.1, 0.15) is 33.9 Å². The monoisotopic (exact) mass is 345 g/mol. The smallest absolute Gasteiger partial charge is 0.164 e. The van der Waals surface area contributed by atoms with E-state index in [1.54, 1.807) is 38.5 Å². The minimum atomic E-state index is -0.0308. The van der Waals surface area contributed by atoms with Crippen LogP contribution in [-0.2, 0) is 6.42 Å². The molecule has 1 aliphatic heterocycles. The van der Waals surface area contributed by atoms with Crippen molar-refractivity contribution >= 4 is 17.4 Å².